The molecule has 188 valence electrons. The van der Waals surface area contributed by atoms with Gasteiger partial charge in [0, 0.05) is 36.1 Å². The van der Waals surface area contributed by atoms with E-state index in [0.29, 0.717) is 29.4 Å². The maximum absolute atomic E-state index is 12.2. The largest absolute Gasteiger partial charge is 0.496 e. The predicted octanol–water partition coefficient (Wildman–Crippen LogP) is 1.81. The van der Waals surface area contributed by atoms with E-state index in [1.807, 2.05) is 0 Å². The van der Waals surface area contributed by atoms with Crippen LogP contribution in [0.25, 0.3) is 0 Å². The number of rotatable bonds is 12. The highest BCUT2D eigenvalue weighted by Gasteiger charge is 2.38. The number of thioether (sulfide) groups is 1. The maximum atomic E-state index is 12.2. The lowest BCUT2D eigenvalue weighted by atomic mass is 10.2. The minimum Gasteiger partial charge on any atom is -0.496 e. The van der Waals surface area contributed by atoms with E-state index >= 15 is 0 Å². The van der Waals surface area contributed by atoms with Crippen molar-refractivity contribution < 1.29 is 37.7 Å². The fourth-order valence-electron chi connectivity index (χ4n) is 3.49. The lowest BCUT2D eigenvalue weighted by Crippen LogP contribution is -2.29. The van der Waals surface area contributed by atoms with E-state index in [1.54, 1.807) is 33.5 Å². The van der Waals surface area contributed by atoms with Gasteiger partial charge in [-0.1, -0.05) is 0 Å². The maximum Gasteiger partial charge on any atom is 0.351 e. The number of benzene rings is 1. The second kappa shape index (κ2) is 12.4. The lowest BCUT2D eigenvalue weighted by molar-refractivity contribution is -0.0509. The van der Waals surface area contributed by atoms with E-state index in [0.717, 1.165) is 5.56 Å². The minimum atomic E-state index is -3.15. The Morgan fingerprint density at radius 3 is 2.56 bits per heavy atom. The van der Waals surface area contributed by atoms with Crippen LogP contribution in [0.2, 0.25) is 0 Å². The molecule has 1 aliphatic rings. The SMILES string of the molecule is COc1cc(OC)c(CSCO[C@H]2C[C@H](n3ccc(N)nc3=O)O[C@@H]2CO[PH](=O)O)c(OC)c1. The Kier molecular flexibility index (Phi) is 9.63. The fraction of sp³-hybridized carbons (Fsp3) is 0.500. The Labute approximate surface area is 201 Å². The second-order valence-electron chi connectivity index (χ2n) is 7.17. The summed E-state index contributed by atoms with van der Waals surface area (Å²) in [7, 11) is 1.56. The number of nitrogen functional groups attached to an aromatic ring is 1. The molecule has 2 heterocycles. The van der Waals surface area contributed by atoms with E-state index in [9.17, 15) is 9.36 Å². The number of anilines is 1. The number of nitrogens with two attached hydrogens (primary N) is 1. The summed E-state index contributed by atoms with van der Waals surface area (Å²) in [5.41, 5.74) is 5.84. The molecule has 2 aromatic rings. The van der Waals surface area contributed by atoms with Crippen molar-refractivity contribution in [3.05, 3.63) is 40.4 Å². The first-order chi connectivity index (χ1) is 16.4. The summed E-state index contributed by atoms with van der Waals surface area (Å²) in [5.74, 6) is 2.78. The fourth-order valence-corrected chi connectivity index (χ4v) is 4.64. The van der Waals surface area contributed by atoms with Crippen LogP contribution in [-0.4, -0.2) is 60.5 Å². The predicted molar refractivity (Wildman–Crippen MR) is 126 cm³/mol. The molecule has 0 bridgehead atoms. The first kappa shape index (κ1) is 26.3. The zero-order valence-corrected chi connectivity index (χ0v) is 20.8. The molecule has 0 saturated carbocycles. The summed E-state index contributed by atoms with van der Waals surface area (Å²) in [4.78, 5) is 24.9. The highest BCUT2D eigenvalue weighted by atomic mass is 32.2. The number of hydrogen-bond donors (Lipinski definition) is 2. The third kappa shape index (κ3) is 6.65. The smallest absolute Gasteiger partial charge is 0.351 e. The van der Waals surface area contributed by atoms with Crippen LogP contribution in [0.4, 0.5) is 5.82 Å². The van der Waals surface area contributed by atoms with E-state index in [4.69, 9.17) is 38.8 Å². The molecular formula is C20H28N3O9PS. The van der Waals surface area contributed by atoms with Gasteiger partial charge < -0.3 is 38.8 Å². The van der Waals surface area contributed by atoms with Gasteiger partial charge in [0.05, 0.1) is 40.0 Å². The molecule has 12 nitrogen and oxygen atoms in total. The van der Waals surface area contributed by atoms with Crippen LogP contribution < -0.4 is 25.6 Å². The molecule has 1 fully saturated rings. The third-order valence-electron chi connectivity index (χ3n) is 5.14. The minimum absolute atomic E-state index is 0.103. The topological polar surface area (TPSA) is 154 Å². The first-order valence-electron chi connectivity index (χ1n) is 10.2. The van der Waals surface area contributed by atoms with Crippen LogP contribution in [0.15, 0.2) is 29.2 Å². The van der Waals surface area contributed by atoms with Crippen LogP contribution in [0.3, 0.4) is 0 Å². The van der Waals surface area contributed by atoms with Gasteiger partial charge in [-0.25, -0.2) is 4.79 Å². The van der Waals surface area contributed by atoms with Crippen molar-refractivity contribution in [2.24, 2.45) is 0 Å². The molecule has 4 atom stereocenters. The number of methoxy groups -OCH3 is 3. The molecule has 0 amide bonds. The van der Waals surface area contributed by atoms with Crippen molar-refractivity contribution in [1.82, 2.24) is 9.55 Å². The van der Waals surface area contributed by atoms with E-state index in [2.05, 4.69) is 4.98 Å². The Morgan fingerprint density at radius 2 is 1.97 bits per heavy atom. The number of ether oxygens (including phenoxy) is 5. The van der Waals surface area contributed by atoms with Crippen molar-refractivity contribution in [1.29, 1.82) is 0 Å². The van der Waals surface area contributed by atoms with Gasteiger partial charge in [-0.15, -0.1) is 11.8 Å². The van der Waals surface area contributed by atoms with Gasteiger partial charge in [0.1, 0.15) is 35.4 Å². The van der Waals surface area contributed by atoms with Gasteiger partial charge in [0.2, 0.25) is 0 Å². The van der Waals surface area contributed by atoms with Crippen LogP contribution in [-0.2, 0) is 24.3 Å². The zero-order chi connectivity index (χ0) is 24.7. The van der Waals surface area contributed by atoms with Crippen LogP contribution in [0, 0.1) is 0 Å². The molecule has 34 heavy (non-hydrogen) atoms. The van der Waals surface area contributed by atoms with E-state index < -0.39 is 32.4 Å². The summed E-state index contributed by atoms with van der Waals surface area (Å²) >= 11 is 1.47. The van der Waals surface area contributed by atoms with Gasteiger partial charge in [0.15, 0.2) is 0 Å². The van der Waals surface area contributed by atoms with Gasteiger partial charge in [0.25, 0.3) is 0 Å². The molecule has 0 radical (unpaired) electrons. The second-order valence-corrected chi connectivity index (χ2v) is 8.92. The monoisotopic (exact) mass is 517 g/mol. The molecule has 0 aliphatic carbocycles. The van der Waals surface area contributed by atoms with Crippen molar-refractivity contribution >= 4 is 25.8 Å². The average molecular weight is 517 g/mol. The molecule has 1 aliphatic heterocycles. The summed E-state index contributed by atoms with van der Waals surface area (Å²) in [6.07, 6.45) is -0.000471. The van der Waals surface area contributed by atoms with Gasteiger partial charge >= 0.3 is 13.9 Å². The summed E-state index contributed by atoms with van der Waals surface area (Å²) in [6, 6.07) is 5.04. The molecule has 3 N–H and O–H groups in total. The highest BCUT2D eigenvalue weighted by Crippen LogP contribution is 2.37. The molecule has 1 aromatic carbocycles. The lowest BCUT2D eigenvalue weighted by Gasteiger charge is -2.19. The number of hydrogen-bond acceptors (Lipinski definition) is 11. The molecule has 1 unspecified atom stereocenters. The summed E-state index contributed by atoms with van der Waals surface area (Å²) < 4.78 is 45.3. The van der Waals surface area contributed by atoms with Gasteiger partial charge in [-0.3, -0.25) is 9.13 Å². The highest BCUT2D eigenvalue weighted by molar-refractivity contribution is 7.98. The van der Waals surface area contributed by atoms with Crippen molar-refractivity contribution in [3.8, 4) is 17.2 Å². The van der Waals surface area contributed by atoms with Crippen LogP contribution >= 0.6 is 20.0 Å². The van der Waals surface area contributed by atoms with E-state index in [-0.39, 0.29) is 18.4 Å². The standard InChI is InChI=1S/C20H28N3O9PS/c1-27-12-6-14(28-2)13(15(7-12)29-3)10-34-11-30-16-8-19(32-17(16)9-31-33(25)26)23-5-4-18(21)22-20(23)24/h4-7,16-17,19,33H,8-11H2,1-3H3,(H,25,26)(H2,21,22,24)/t16-,17+,19+/m0/s1. The number of nitrogens with zero attached hydrogens (tertiary/aromatic N) is 2. The Balaban J connectivity index is 1.65. The molecule has 1 aromatic heterocycles. The molecule has 14 heteroatoms. The van der Waals surface area contributed by atoms with Gasteiger partial charge in [-0.2, -0.15) is 4.98 Å². The summed E-state index contributed by atoms with van der Waals surface area (Å²) in [6.45, 7) is -0.155. The van der Waals surface area contributed by atoms with Crippen molar-refractivity contribution in [2.45, 2.75) is 30.6 Å². The van der Waals surface area contributed by atoms with Gasteiger partial charge in [-0.05, 0) is 6.07 Å². The third-order valence-corrected chi connectivity index (χ3v) is 6.35. The molecule has 1 saturated heterocycles. The molecule has 3 rings (SSSR count). The quantitative estimate of drug-likeness (QED) is 0.240. The van der Waals surface area contributed by atoms with Crippen LogP contribution in [0.5, 0.6) is 17.2 Å². The molecular weight excluding hydrogens is 489 g/mol. The normalized spacial score (nSPS) is 20.8. The Morgan fingerprint density at radius 1 is 1.26 bits per heavy atom. The van der Waals surface area contributed by atoms with E-state index in [1.165, 1.54) is 28.6 Å². The average Bonchev–Trinajstić information content (AvgIpc) is 3.22. The zero-order valence-electron chi connectivity index (χ0n) is 19.0. The first-order valence-corrected chi connectivity index (χ1v) is 12.6. The molecule has 0 spiro atoms. The van der Waals surface area contributed by atoms with Crippen molar-refractivity contribution in [3.63, 3.8) is 0 Å². The van der Waals surface area contributed by atoms with Crippen LogP contribution in [0.1, 0.15) is 18.2 Å². The van der Waals surface area contributed by atoms with Crippen molar-refractivity contribution in [2.75, 3.05) is 39.6 Å². The Hall–Kier alpha value is -2.28. The number of aromatic nitrogens is 2. The summed E-state index contributed by atoms with van der Waals surface area (Å²) in [5, 5.41) is 0. The Bertz CT molecular complexity index is 1030.